The molecule has 0 aliphatic carbocycles. The second-order valence-corrected chi connectivity index (χ2v) is 0. The van der Waals surface area contributed by atoms with Crippen molar-refractivity contribution in [2.24, 2.45) is 0 Å². The fraction of sp³-hybridized carbons (Fsp3) is 0. The zero-order valence-corrected chi connectivity index (χ0v) is 6.75. The Morgan fingerprint density at radius 3 is 1.25 bits per heavy atom. The van der Waals surface area contributed by atoms with E-state index in [0.717, 1.165) is 0 Å². The van der Waals surface area contributed by atoms with Gasteiger partial charge in [0, 0.05) is 42.9 Å². The van der Waals surface area contributed by atoms with Crippen LogP contribution in [0.4, 0.5) is 0 Å². The minimum Gasteiger partial charge on any atom is -0.197 e. The van der Waals surface area contributed by atoms with Crippen molar-refractivity contribution in [3.63, 3.8) is 0 Å². The van der Waals surface area contributed by atoms with Gasteiger partial charge in [0.2, 0.25) is 0 Å². The molecule has 0 rings (SSSR count). The summed E-state index contributed by atoms with van der Waals surface area (Å²) in [7, 11) is 0. The summed E-state index contributed by atoms with van der Waals surface area (Å²) in [5.74, 6) is 0. The van der Waals surface area contributed by atoms with Crippen LogP contribution >= 0.6 is 0 Å². The predicted molar refractivity (Wildman–Crippen MR) is 13.9 cm³/mol. The van der Waals surface area contributed by atoms with Crippen LogP contribution in [0.5, 0.6) is 0 Å². The van der Waals surface area contributed by atoms with Crippen molar-refractivity contribution < 1.29 is 21.3 Å². The SMILES string of the molecule is O=S.[Cu].[In]. The van der Waals surface area contributed by atoms with Crippen molar-refractivity contribution in [2.75, 3.05) is 0 Å². The minimum atomic E-state index is 0. The Balaban J connectivity index is -0.00000000500. The fourth-order valence-electron chi connectivity index (χ4n) is 0. The summed E-state index contributed by atoms with van der Waals surface area (Å²) in [6, 6.07) is 0. The van der Waals surface area contributed by atoms with Gasteiger partial charge in [0.25, 0.3) is 0 Å². The van der Waals surface area contributed by atoms with Crippen LogP contribution in [-0.4, -0.2) is 30.1 Å². The molecule has 4 radical (unpaired) electrons. The molecule has 0 atom stereocenters. The summed E-state index contributed by atoms with van der Waals surface area (Å²) >= 11 is 2.83. The Hall–Kier alpha value is 1.41. The molecule has 0 spiro atoms. The van der Waals surface area contributed by atoms with Gasteiger partial charge in [-0.05, 0) is 0 Å². The molecule has 0 aromatic heterocycles. The van der Waals surface area contributed by atoms with Crippen molar-refractivity contribution >= 4 is 38.4 Å². The number of hydrogen-bond donors (Lipinski definition) is 0. The normalized spacial score (nSPS) is 1.00. The molecule has 0 N–H and O–H groups in total. The third-order valence-electron chi connectivity index (χ3n) is 0. The average molecular weight is 226 g/mol. The summed E-state index contributed by atoms with van der Waals surface area (Å²) < 4.78 is 7.83. The van der Waals surface area contributed by atoms with Crippen LogP contribution < -0.4 is 0 Å². The zero-order valence-electron chi connectivity index (χ0n) is 1.70. The first kappa shape index (κ1) is 18.1. The molecule has 0 saturated heterocycles. The summed E-state index contributed by atoms with van der Waals surface area (Å²) in [5.41, 5.74) is 0. The smallest absolute Gasteiger partial charge is 0.197 e. The Morgan fingerprint density at radius 1 is 1.25 bits per heavy atom. The average Bonchev–Trinajstić information content (AvgIpc) is 1.00. The molecular weight excluding hydrogens is 226 g/mol. The first-order chi connectivity index (χ1) is 1.00. The van der Waals surface area contributed by atoms with Crippen LogP contribution in [0.25, 0.3) is 0 Å². The van der Waals surface area contributed by atoms with Gasteiger partial charge in [-0.15, -0.1) is 0 Å². The first-order valence-corrected chi connectivity index (χ1v) is 0.500. The summed E-state index contributed by atoms with van der Waals surface area (Å²) in [5, 5.41) is 0. The van der Waals surface area contributed by atoms with Crippen molar-refractivity contribution in [2.45, 2.75) is 0 Å². The largest absolute Gasteiger partial charge is 0.197 e. The second kappa shape index (κ2) is 25.8. The van der Waals surface area contributed by atoms with Gasteiger partial charge < -0.3 is 0 Å². The van der Waals surface area contributed by atoms with E-state index in [0.29, 0.717) is 0 Å². The quantitative estimate of drug-likeness (QED) is 0.507. The van der Waals surface area contributed by atoms with E-state index in [9.17, 15) is 0 Å². The molecular formula is CuInOS. The molecule has 4 heteroatoms. The molecule has 0 aromatic carbocycles. The standard InChI is InChI=1S/Cu.In.OS/c;;1-2. The van der Waals surface area contributed by atoms with Crippen LogP contribution in [0, 0.1) is 0 Å². The maximum Gasteiger partial charge on any atom is 0.197 e. The maximum absolute atomic E-state index is 7.83. The Kier molecular flexibility index (Phi) is 117. The van der Waals surface area contributed by atoms with E-state index >= 15 is 0 Å². The molecule has 0 amide bonds. The van der Waals surface area contributed by atoms with Crippen LogP contribution in [-0.2, 0) is 29.6 Å². The third kappa shape index (κ3) is 9.96. The van der Waals surface area contributed by atoms with Crippen LogP contribution in [0.2, 0.25) is 0 Å². The molecule has 4 heavy (non-hydrogen) atoms. The number of hydrogen-bond acceptors (Lipinski definition) is 2. The van der Waals surface area contributed by atoms with Gasteiger partial charge in [-0.2, -0.15) is 4.21 Å². The van der Waals surface area contributed by atoms with Crippen LogP contribution in [0.1, 0.15) is 0 Å². The number of rotatable bonds is 0. The Labute approximate surface area is 59.3 Å². The zero-order chi connectivity index (χ0) is 2.00. The fourth-order valence-corrected chi connectivity index (χ4v) is 0. The van der Waals surface area contributed by atoms with E-state index in [2.05, 4.69) is 12.5 Å². The van der Waals surface area contributed by atoms with Gasteiger partial charge in [-0.3, -0.25) is 0 Å². The molecule has 0 unspecified atom stereocenters. The Morgan fingerprint density at radius 2 is 1.25 bits per heavy atom. The minimum absolute atomic E-state index is 0. The second-order valence-electron chi connectivity index (χ2n) is 0. The molecule has 26 valence electrons. The molecule has 1 nitrogen and oxygen atoms in total. The van der Waals surface area contributed by atoms with Gasteiger partial charge in [0.15, 0.2) is 12.5 Å². The molecule has 0 aliphatic rings. The van der Waals surface area contributed by atoms with Gasteiger partial charge in [0.1, 0.15) is 0 Å². The molecule has 0 fully saturated rings. The molecule has 0 aliphatic heterocycles. The van der Waals surface area contributed by atoms with E-state index in [1.165, 1.54) is 0 Å². The van der Waals surface area contributed by atoms with Crippen molar-refractivity contribution in [3.8, 4) is 0 Å². The molecule has 0 heterocycles. The summed E-state index contributed by atoms with van der Waals surface area (Å²) in [4.78, 5) is 0. The van der Waals surface area contributed by atoms with Crippen LogP contribution in [0.3, 0.4) is 0 Å². The monoisotopic (exact) mass is 226 g/mol. The molecule has 0 bridgehead atoms. The Bertz CT molecular complexity index is 8.00. The summed E-state index contributed by atoms with van der Waals surface area (Å²) in [6.07, 6.45) is 0. The van der Waals surface area contributed by atoms with E-state index < -0.39 is 0 Å². The van der Waals surface area contributed by atoms with Gasteiger partial charge in [-0.1, -0.05) is 0 Å². The predicted octanol–water partition coefficient (Wildman–Crippen LogP) is -0.720. The topological polar surface area (TPSA) is 17.1 Å². The van der Waals surface area contributed by atoms with Crippen LogP contribution in [0.15, 0.2) is 0 Å². The molecule has 0 aromatic rings. The maximum atomic E-state index is 7.83. The summed E-state index contributed by atoms with van der Waals surface area (Å²) in [6.45, 7) is 0. The van der Waals surface area contributed by atoms with E-state index in [1.807, 2.05) is 0 Å². The van der Waals surface area contributed by atoms with E-state index in [1.54, 1.807) is 0 Å². The van der Waals surface area contributed by atoms with Crippen molar-refractivity contribution in [1.82, 2.24) is 0 Å². The van der Waals surface area contributed by atoms with E-state index in [4.69, 9.17) is 4.21 Å². The van der Waals surface area contributed by atoms with Gasteiger partial charge >= 0.3 is 0 Å². The van der Waals surface area contributed by atoms with Gasteiger partial charge in [0.05, 0.1) is 0 Å². The third-order valence-corrected chi connectivity index (χ3v) is 0. The van der Waals surface area contributed by atoms with Gasteiger partial charge in [-0.25, -0.2) is 0 Å². The molecule has 0 saturated carbocycles. The van der Waals surface area contributed by atoms with Crippen molar-refractivity contribution in [1.29, 1.82) is 0 Å². The van der Waals surface area contributed by atoms with E-state index in [-0.39, 0.29) is 42.9 Å². The van der Waals surface area contributed by atoms with Crippen molar-refractivity contribution in [3.05, 3.63) is 0 Å². The first-order valence-electron chi connectivity index (χ1n) is 0.167.